The molecule has 8 heteroatoms. The zero-order valence-corrected chi connectivity index (χ0v) is 12.8. The molecule has 0 heterocycles. The quantitative estimate of drug-likeness (QED) is 0.441. The molecule has 120 valence electrons. The summed E-state index contributed by atoms with van der Waals surface area (Å²) in [5, 5.41) is 2.92. The number of amides is 1. The third kappa shape index (κ3) is 6.01. The summed E-state index contributed by atoms with van der Waals surface area (Å²) in [7, 11) is 1.29. The van der Waals surface area contributed by atoms with Crippen LogP contribution in [0.5, 0.6) is 0 Å². The van der Waals surface area contributed by atoms with E-state index in [1.54, 1.807) is 0 Å². The first-order valence-corrected chi connectivity index (χ1v) is 6.87. The van der Waals surface area contributed by atoms with Crippen molar-refractivity contribution in [3.05, 3.63) is 28.8 Å². The molecule has 22 heavy (non-hydrogen) atoms. The third-order valence-corrected chi connectivity index (χ3v) is 2.91. The van der Waals surface area contributed by atoms with Crippen LogP contribution in [0.15, 0.2) is 18.2 Å². The van der Waals surface area contributed by atoms with E-state index in [-0.39, 0.29) is 30.2 Å². The van der Waals surface area contributed by atoms with Gasteiger partial charge in [-0.05, 0) is 24.6 Å². The molecule has 1 aromatic rings. The first kappa shape index (κ1) is 17.8. The molecule has 1 aromatic carbocycles. The molecule has 1 amide bonds. The summed E-state index contributed by atoms with van der Waals surface area (Å²) < 4.78 is 9.31. The number of anilines is 1. The number of nitrogens with two attached hydrogens (primary N) is 1. The van der Waals surface area contributed by atoms with Crippen LogP contribution in [0.2, 0.25) is 5.02 Å². The smallest absolute Gasteiger partial charge is 0.340 e. The number of halogens is 1. The van der Waals surface area contributed by atoms with E-state index in [1.807, 2.05) is 0 Å². The number of nitrogens with one attached hydrogen (secondary N) is 1. The summed E-state index contributed by atoms with van der Waals surface area (Å²) in [4.78, 5) is 34.1. The fourth-order valence-electron chi connectivity index (χ4n) is 1.54. The zero-order chi connectivity index (χ0) is 16.5. The zero-order valence-electron chi connectivity index (χ0n) is 12.1. The van der Waals surface area contributed by atoms with Crippen molar-refractivity contribution < 1.29 is 23.9 Å². The highest BCUT2D eigenvalue weighted by molar-refractivity contribution is 6.31. The van der Waals surface area contributed by atoms with Gasteiger partial charge in [0.05, 0.1) is 12.7 Å². The van der Waals surface area contributed by atoms with Crippen molar-refractivity contribution in [2.24, 2.45) is 0 Å². The Morgan fingerprint density at radius 2 is 2.05 bits per heavy atom. The Hall–Kier alpha value is -2.28. The van der Waals surface area contributed by atoms with Crippen LogP contribution in [0.1, 0.15) is 23.2 Å². The highest BCUT2D eigenvalue weighted by atomic mass is 35.5. The lowest BCUT2D eigenvalue weighted by atomic mass is 10.2. The van der Waals surface area contributed by atoms with E-state index >= 15 is 0 Å². The largest absolute Gasteiger partial charge is 0.469 e. The molecule has 3 N–H and O–H groups in total. The van der Waals surface area contributed by atoms with Crippen molar-refractivity contribution >= 4 is 35.1 Å². The number of ether oxygens (including phenoxy) is 2. The molecular formula is C14H17ClN2O5. The molecule has 1 rings (SSSR count). The Morgan fingerprint density at radius 3 is 2.68 bits per heavy atom. The maximum absolute atomic E-state index is 11.8. The summed E-state index contributed by atoms with van der Waals surface area (Å²) in [6, 6.07) is 4.35. The van der Waals surface area contributed by atoms with Crippen molar-refractivity contribution in [2.75, 3.05) is 26.0 Å². The Kier molecular flexibility index (Phi) is 7.18. The number of carbonyl (C=O) groups excluding carboxylic acids is 3. The van der Waals surface area contributed by atoms with Crippen molar-refractivity contribution in [1.29, 1.82) is 0 Å². The summed E-state index contributed by atoms with van der Waals surface area (Å²) in [6.45, 7) is -0.145. The second-order valence-corrected chi connectivity index (χ2v) is 4.77. The van der Waals surface area contributed by atoms with Crippen molar-refractivity contribution in [3.63, 3.8) is 0 Å². The molecule has 0 fully saturated rings. The number of carbonyl (C=O) groups is 3. The molecule has 0 saturated heterocycles. The van der Waals surface area contributed by atoms with E-state index in [1.165, 1.54) is 25.3 Å². The van der Waals surface area contributed by atoms with Gasteiger partial charge < -0.3 is 20.5 Å². The van der Waals surface area contributed by atoms with Gasteiger partial charge in [-0.1, -0.05) is 11.6 Å². The Bertz CT molecular complexity index is 562. The standard InChI is InChI=1S/C14H17ClN2O5/c1-21-13(19)3-2-6-17-12(18)8-22-14(20)10-5-4-9(15)7-11(10)16/h4-5,7H,2-3,6,8,16H2,1H3,(H,17,18). The Balaban J connectivity index is 2.31. The van der Waals surface area contributed by atoms with Crippen LogP contribution in [0, 0.1) is 0 Å². The normalized spacial score (nSPS) is 9.91. The van der Waals surface area contributed by atoms with E-state index in [2.05, 4.69) is 10.1 Å². The van der Waals surface area contributed by atoms with Crippen LogP contribution < -0.4 is 11.1 Å². The average Bonchev–Trinajstić information content (AvgIpc) is 2.48. The van der Waals surface area contributed by atoms with E-state index in [9.17, 15) is 14.4 Å². The van der Waals surface area contributed by atoms with Crippen LogP contribution >= 0.6 is 11.6 Å². The van der Waals surface area contributed by atoms with E-state index in [4.69, 9.17) is 22.1 Å². The van der Waals surface area contributed by atoms with Gasteiger partial charge in [-0.2, -0.15) is 0 Å². The van der Waals surface area contributed by atoms with Gasteiger partial charge in [0.2, 0.25) is 0 Å². The molecular weight excluding hydrogens is 312 g/mol. The number of rotatable bonds is 7. The van der Waals surface area contributed by atoms with Crippen LogP contribution in [-0.4, -0.2) is 38.1 Å². The molecule has 7 nitrogen and oxygen atoms in total. The Labute approximate surface area is 132 Å². The van der Waals surface area contributed by atoms with Gasteiger partial charge in [-0.3, -0.25) is 9.59 Å². The molecule has 0 aliphatic carbocycles. The first-order chi connectivity index (χ1) is 10.4. The van der Waals surface area contributed by atoms with E-state index in [0.717, 1.165) is 0 Å². The van der Waals surface area contributed by atoms with Gasteiger partial charge in [-0.25, -0.2) is 4.79 Å². The lowest BCUT2D eigenvalue weighted by Crippen LogP contribution is -2.30. The predicted molar refractivity (Wildman–Crippen MR) is 80.4 cm³/mol. The number of hydrogen-bond acceptors (Lipinski definition) is 6. The average molecular weight is 329 g/mol. The predicted octanol–water partition coefficient (Wildman–Crippen LogP) is 1.15. The van der Waals surface area contributed by atoms with Crippen LogP contribution in [-0.2, 0) is 19.1 Å². The summed E-state index contributed by atoms with van der Waals surface area (Å²) in [5.41, 5.74) is 5.96. The maximum atomic E-state index is 11.8. The van der Waals surface area contributed by atoms with Gasteiger partial charge in [0.1, 0.15) is 0 Å². The SMILES string of the molecule is COC(=O)CCCNC(=O)COC(=O)c1ccc(Cl)cc1N. The summed E-state index contributed by atoms with van der Waals surface area (Å²) >= 11 is 5.72. The third-order valence-electron chi connectivity index (χ3n) is 2.68. The summed E-state index contributed by atoms with van der Waals surface area (Å²) in [5.74, 6) is -1.52. The van der Waals surface area contributed by atoms with Crippen LogP contribution in [0.25, 0.3) is 0 Å². The number of esters is 2. The van der Waals surface area contributed by atoms with E-state index in [0.29, 0.717) is 11.4 Å². The van der Waals surface area contributed by atoms with Crippen molar-refractivity contribution in [2.45, 2.75) is 12.8 Å². The maximum Gasteiger partial charge on any atom is 0.340 e. The van der Waals surface area contributed by atoms with Crippen molar-refractivity contribution in [1.82, 2.24) is 5.32 Å². The molecule has 0 radical (unpaired) electrons. The summed E-state index contributed by atoms with van der Waals surface area (Å²) in [6.07, 6.45) is 0.647. The van der Waals surface area contributed by atoms with Gasteiger partial charge in [0.25, 0.3) is 5.91 Å². The van der Waals surface area contributed by atoms with Crippen molar-refractivity contribution in [3.8, 4) is 0 Å². The molecule has 0 bridgehead atoms. The second-order valence-electron chi connectivity index (χ2n) is 4.34. The van der Waals surface area contributed by atoms with Gasteiger partial charge in [-0.15, -0.1) is 0 Å². The minimum Gasteiger partial charge on any atom is -0.469 e. The van der Waals surface area contributed by atoms with Gasteiger partial charge >= 0.3 is 11.9 Å². The fraction of sp³-hybridized carbons (Fsp3) is 0.357. The number of methoxy groups -OCH3 is 1. The molecule has 0 atom stereocenters. The molecule has 0 unspecified atom stereocenters. The molecule has 0 aliphatic heterocycles. The second kappa shape index (κ2) is 8.89. The highest BCUT2D eigenvalue weighted by Gasteiger charge is 2.13. The molecule has 0 spiro atoms. The number of hydrogen-bond donors (Lipinski definition) is 2. The van der Waals surface area contributed by atoms with Crippen LogP contribution in [0.4, 0.5) is 5.69 Å². The fourth-order valence-corrected chi connectivity index (χ4v) is 1.72. The monoisotopic (exact) mass is 328 g/mol. The van der Waals surface area contributed by atoms with Crippen LogP contribution in [0.3, 0.4) is 0 Å². The Morgan fingerprint density at radius 1 is 1.32 bits per heavy atom. The van der Waals surface area contributed by atoms with E-state index < -0.39 is 18.5 Å². The van der Waals surface area contributed by atoms with Gasteiger partial charge in [0.15, 0.2) is 6.61 Å². The lowest BCUT2D eigenvalue weighted by molar-refractivity contribution is -0.140. The number of benzene rings is 1. The minimum atomic E-state index is -0.709. The molecule has 0 saturated carbocycles. The number of nitrogen functional groups attached to an aromatic ring is 1. The molecule has 0 aromatic heterocycles. The van der Waals surface area contributed by atoms with Gasteiger partial charge in [0, 0.05) is 23.7 Å². The highest BCUT2D eigenvalue weighted by Crippen LogP contribution is 2.18. The molecule has 0 aliphatic rings. The minimum absolute atomic E-state index is 0.142. The topological polar surface area (TPSA) is 108 Å². The lowest BCUT2D eigenvalue weighted by Gasteiger charge is -2.08. The first-order valence-electron chi connectivity index (χ1n) is 6.49.